The minimum Gasteiger partial charge on any atom is -0.496 e. The Hall–Kier alpha value is -1.36. The lowest BCUT2D eigenvalue weighted by atomic mass is 10.0. The number of hydrogen-bond acceptors (Lipinski definition) is 4. The number of esters is 1. The molecule has 1 rings (SSSR count). The van der Waals surface area contributed by atoms with Gasteiger partial charge in [-0.1, -0.05) is 28.1 Å². The number of halogens is 1. The Morgan fingerprint density at radius 1 is 1.33 bits per heavy atom. The first kappa shape index (κ1) is 14.7. The second kappa shape index (κ2) is 7.16. The van der Waals surface area contributed by atoms with E-state index >= 15 is 0 Å². The molecular weight excluding hydrogens is 300 g/mol. The lowest BCUT2D eigenvalue weighted by molar-refractivity contribution is -0.115. The maximum Gasteiger partial charge on any atom is 0.342 e. The zero-order chi connectivity index (χ0) is 13.5. The van der Waals surface area contributed by atoms with Crippen molar-refractivity contribution in [2.24, 2.45) is 0 Å². The van der Waals surface area contributed by atoms with Crippen LogP contribution < -0.4 is 4.74 Å². The topological polar surface area (TPSA) is 52.6 Å². The van der Waals surface area contributed by atoms with Gasteiger partial charge >= 0.3 is 5.97 Å². The van der Waals surface area contributed by atoms with Gasteiger partial charge in [-0.3, -0.25) is 4.79 Å². The molecule has 0 aliphatic rings. The van der Waals surface area contributed by atoms with Crippen LogP contribution in [0.25, 0.3) is 0 Å². The fourth-order valence-corrected chi connectivity index (χ4v) is 1.79. The highest BCUT2D eigenvalue weighted by Crippen LogP contribution is 2.24. The van der Waals surface area contributed by atoms with Crippen LogP contribution in [0.2, 0.25) is 0 Å². The molecule has 1 aromatic rings. The number of carbonyl (C=O) groups excluding carboxylic acids is 2. The molecule has 1 aromatic carbocycles. The Balaban J connectivity index is 3.15. The van der Waals surface area contributed by atoms with Gasteiger partial charge < -0.3 is 9.47 Å². The van der Waals surface area contributed by atoms with Gasteiger partial charge in [0.05, 0.1) is 19.0 Å². The van der Waals surface area contributed by atoms with Crippen LogP contribution in [0.5, 0.6) is 5.75 Å². The van der Waals surface area contributed by atoms with E-state index in [2.05, 4.69) is 15.9 Å². The van der Waals surface area contributed by atoms with Crippen LogP contribution in [0.4, 0.5) is 0 Å². The van der Waals surface area contributed by atoms with Crippen LogP contribution in [0.3, 0.4) is 0 Å². The summed E-state index contributed by atoms with van der Waals surface area (Å²) in [5.74, 6) is -0.0468. The van der Waals surface area contributed by atoms with Crippen LogP contribution in [0.15, 0.2) is 18.2 Å². The summed E-state index contributed by atoms with van der Waals surface area (Å²) in [4.78, 5) is 23.4. The van der Waals surface area contributed by atoms with Crippen LogP contribution >= 0.6 is 15.9 Å². The van der Waals surface area contributed by atoms with Crippen molar-refractivity contribution in [1.82, 2.24) is 0 Å². The van der Waals surface area contributed by atoms with E-state index in [1.54, 1.807) is 25.1 Å². The molecule has 18 heavy (non-hydrogen) atoms. The van der Waals surface area contributed by atoms with Crippen molar-refractivity contribution in [2.75, 3.05) is 19.0 Å². The lowest BCUT2D eigenvalue weighted by Gasteiger charge is -2.12. The first-order valence-corrected chi connectivity index (χ1v) is 6.66. The third kappa shape index (κ3) is 3.57. The number of carbonyl (C=O) groups is 2. The normalized spacial score (nSPS) is 9.94. The van der Waals surface area contributed by atoms with Crippen LogP contribution in [-0.2, 0) is 16.0 Å². The number of ketones is 1. The molecule has 0 spiro atoms. The molecule has 0 amide bonds. The zero-order valence-electron chi connectivity index (χ0n) is 10.4. The maximum absolute atomic E-state index is 11.9. The summed E-state index contributed by atoms with van der Waals surface area (Å²) in [7, 11) is 1.48. The van der Waals surface area contributed by atoms with Gasteiger partial charge in [-0.25, -0.2) is 4.79 Å². The Kier molecular flexibility index (Phi) is 5.85. The van der Waals surface area contributed by atoms with Crippen molar-refractivity contribution in [2.45, 2.75) is 13.3 Å². The SMILES string of the molecule is CCOC(=O)c1c(CC(=O)CBr)cccc1OC. The third-order valence-corrected chi connectivity index (χ3v) is 2.97. The summed E-state index contributed by atoms with van der Waals surface area (Å²) in [6, 6.07) is 5.15. The van der Waals surface area contributed by atoms with Gasteiger partial charge in [-0.15, -0.1) is 0 Å². The van der Waals surface area contributed by atoms with E-state index in [-0.39, 0.29) is 24.1 Å². The van der Waals surface area contributed by atoms with E-state index in [0.717, 1.165) is 0 Å². The molecular formula is C13H15BrO4. The van der Waals surface area contributed by atoms with Gasteiger partial charge in [0.1, 0.15) is 17.1 Å². The molecule has 0 bridgehead atoms. The molecule has 0 fully saturated rings. The van der Waals surface area contributed by atoms with Crippen molar-refractivity contribution in [3.05, 3.63) is 29.3 Å². The van der Waals surface area contributed by atoms with E-state index in [4.69, 9.17) is 9.47 Å². The van der Waals surface area contributed by atoms with Gasteiger partial charge in [0, 0.05) is 6.42 Å². The van der Waals surface area contributed by atoms with Gasteiger partial charge in [-0.05, 0) is 18.6 Å². The molecule has 0 atom stereocenters. The van der Waals surface area contributed by atoms with Gasteiger partial charge in [0.25, 0.3) is 0 Å². The quantitative estimate of drug-likeness (QED) is 0.597. The molecule has 98 valence electrons. The second-order valence-corrected chi connectivity index (χ2v) is 4.12. The zero-order valence-corrected chi connectivity index (χ0v) is 12.0. The van der Waals surface area contributed by atoms with E-state index in [1.165, 1.54) is 7.11 Å². The average Bonchev–Trinajstić information content (AvgIpc) is 2.38. The molecule has 0 aliphatic carbocycles. The minimum atomic E-state index is -0.465. The molecule has 0 unspecified atom stereocenters. The largest absolute Gasteiger partial charge is 0.496 e. The molecule has 0 heterocycles. The number of methoxy groups -OCH3 is 1. The Labute approximate surface area is 114 Å². The van der Waals surface area contributed by atoms with Gasteiger partial charge in [0.15, 0.2) is 0 Å². The summed E-state index contributed by atoms with van der Waals surface area (Å²) in [6.07, 6.45) is 0.177. The van der Waals surface area contributed by atoms with Crippen molar-refractivity contribution >= 4 is 27.7 Å². The molecule has 0 N–H and O–H groups in total. The number of ether oxygens (including phenoxy) is 2. The summed E-state index contributed by atoms with van der Waals surface area (Å²) in [5, 5.41) is 0.256. The van der Waals surface area contributed by atoms with E-state index < -0.39 is 5.97 Å². The number of alkyl halides is 1. The van der Waals surface area contributed by atoms with Crippen molar-refractivity contribution in [3.8, 4) is 5.75 Å². The predicted octanol–water partition coefficient (Wildman–Crippen LogP) is 2.38. The molecule has 4 nitrogen and oxygen atoms in total. The lowest BCUT2D eigenvalue weighted by Crippen LogP contribution is -2.13. The monoisotopic (exact) mass is 314 g/mol. The summed E-state index contributed by atoms with van der Waals surface area (Å²) < 4.78 is 10.1. The predicted molar refractivity (Wildman–Crippen MR) is 71.5 cm³/mol. The van der Waals surface area contributed by atoms with Crippen molar-refractivity contribution in [1.29, 1.82) is 0 Å². The maximum atomic E-state index is 11.9. The van der Waals surface area contributed by atoms with E-state index in [0.29, 0.717) is 16.9 Å². The Morgan fingerprint density at radius 2 is 2.06 bits per heavy atom. The first-order chi connectivity index (χ1) is 8.63. The fourth-order valence-electron chi connectivity index (χ4n) is 1.59. The molecule has 0 aliphatic heterocycles. The van der Waals surface area contributed by atoms with E-state index in [9.17, 15) is 9.59 Å². The summed E-state index contributed by atoms with van der Waals surface area (Å²) in [5.41, 5.74) is 0.952. The Bertz CT molecular complexity index is 443. The highest BCUT2D eigenvalue weighted by molar-refractivity contribution is 9.09. The van der Waals surface area contributed by atoms with Gasteiger partial charge in [-0.2, -0.15) is 0 Å². The summed E-state index contributed by atoms with van der Waals surface area (Å²) in [6.45, 7) is 2.01. The molecule has 0 aromatic heterocycles. The standard InChI is InChI=1S/C13H15BrO4/c1-3-18-13(16)12-9(7-10(15)8-14)5-4-6-11(12)17-2/h4-6H,3,7-8H2,1-2H3. The van der Waals surface area contributed by atoms with Crippen molar-refractivity contribution in [3.63, 3.8) is 0 Å². The average molecular weight is 315 g/mol. The number of rotatable bonds is 6. The van der Waals surface area contributed by atoms with Crippen LogP contribution in [0.1, 0.15) is 22.8 Å². The Morgan fingerprint density at radius 3 is 2.61 bits per heavy atom. The van der Waals surface area contributed by atoms with Crippen LogP contribution in [-0.4, -0.2) is 30.8 Å². The second-order valence-electron chi connectivity index (χ2n) is 3.56. The summed E-state index contributed by atoms with van der Waals surface area (Å²) >= 11 is 3.10. The number of hydrogen-bond donors (Lipinski definition) is 0. The van der Waals surface area contributed by atoms with E-state index in [1.807, 2.05) is 0 Å². The highest BCUT2D eigenvalue weighted by atomic mass is 79.9. The smallest absolute Gasteiger partial charge is 0.342 e. The minimum absolute atomic E-state index is 0.00574. The number of benzene rings is 1. The molecule has 0 saturated carbocycles. The number of Topliss-reactive ketones (excluding diaryl/α,β-unsaturated/α-hetero) is 1. The van der Waals surface area contributed by atoms with Crippen LogP contribution in [0, 0.1) is 0 Å². The molecule has 0 radical (unpaired) electrons. The highest BCUT2D eigenvalue weighted by Gasteiger charge is 2.19. The molecule has 0 saturated heterocycles. The molecule has 5 heteroatoms. The fraction of sp³-hybridized carbons (Fsp3) is 0.385. The third-order valence-electron chi connectivity index (χ3n) is 2.35. The first-order valence-electron chi connectivity index (χ1n) is 5.54. The van der Waals surface area contributed by atoms with Crippen molar-refractivity contribution < 1.29 is 19.1 Å². The van der Waals surface area contributed by atoms with Gasteiger partial charge in [0.2, 0.25) is 0 Å².